The zero-order valence-corrected chi connectivity index (χ0v) is 12.6. The first-order valence-corrected chi connectivity index (χ1v) is 8.07. The van der Waals surface area contributed by atoms with Gasteiger partial charge >= 0.3 is 6.09 Å². The molecule has 1 heterocycles. The van der Waals surface area contributed by atoms with Gasteiger partial charge in [-0.1, -0.05) is 43.9 Å². The molecule has 0 bridgehead atoms. The Hall–Kier alpha value is -1.71. The predicted molar refractivity (Wildman–Crippen MR) is 85.9 cm³/mol. The molecule has 1 atom stereocenters. The number of anilines is 1. The van der Waals surface area contributed by atoms with E-state index in [1.807, 2.05) is 0 Å². The van der Waals surface area contributed by atoms with E-state index in [4.69, 9.17) is 5.11 Å². The van der Waals surface area contributed by atoms with Gasteiger partial charge in [-0.3, -0.25) is 0 Å². The van der Waals surface area contributed by atoms with E-state index in [-0.39, 0.29) is 0 Å². The number of aryl methyl sites for hydroxylation is 1. The molecule has 4 nitrogen and oxygen atoms in total. The van der Waals surface area contributed by atoms with Crippen molar-refractivity contribution in [3.63, 3.8) is 0 Å². The molecule has 0 spiro atoms. The molecular weight excluding hydrogens is 264 g/mol. The number of carbonyl (C=O) groups is 1. The number of rotatable bonds is 8. The summed E-state index contributed by atoms with van der Waals surface area (Å²) in [5.41, 5.74) is 2.76. The number of benzene rings is 1. The van der Waals surface area contributed by atoms with E-state index in [0.29, 0.717) is 12.6 Å². The molecule has 0 fully saturated rings. The number of fused-ring (bicyclic) bond motifs is 1. The highest BCUT2D eigenvalue weighted by molar-refractivity contribution is 5.64. The van der Waals surface area contributed by atoms with Crippen molar-refractivity contribution in [1.29, 1.82) is 0 Å². The van der Waals surface area contributed by atoms with Gasteiger partial charge in [0.2, 0.25) is 0 Å². The van der Waals surface area contributed by atoms with Crippen LogP contribution in [0.1, 0.15) is 50.5 Å². The van der Waals surface area contributed by atoms with Crippen molar-refractivity contribution in [2.24, 2.45) is 0 Å². The Bertz CT molecular complexity index is 448. The van der Waals surface area contributed by atoms with Crippen molar-refractivity contribution < 1.29 is 9.90 Å². The Labute approximate surface area is 126 Å². The van der Waals surface area contributed by atoms with Crippen LogP contribution in [0.3, 0.4) is 0 Å². The van der Waals surface area contributed by atoms with Gasteiger partial charge in [0.1, 0.15) is 0 Å². The third kappa shape index (κ3) is 5.66. The van der Waals surface area contributed by atoms with Crippen LogP contribution < -0.4 is 10.6 Å². The summed E-state index contributed by atoms with van der Waals surface area (Å²) in [6.45, 7) is 0.580. The minimum absolute atomic E-state index is 0.580. The van der Waals surface area contributed by atoms with Crippen molar-refractivity contribution in [3.05, 3.63) is 29.8 Å². The second-order valence-corrected chi connectivity index (χ2v) is 5.83. The summed E-state index contributed by atoms with van der Waals surface area (Å²) in [7, 11) is 0. The minimum atomic E-state index is -0.918. The monoisotopic (exact) mass is 290 g/mol. The van der Waals surface area contributed by atoms with E-state index in [1.54, 1.807) is 0 Å². The maximum absolute atomic E-state index is 10.3. The van der Waals surface area contributed by atoms with Crippen LogP contribution in [0.25, 0.3) is 0 Å². The Morgan fingerprint density at radius 3 is 2.81 bits per heavy atom. The third-order valence-corrected chi connectivity index (χ3v) is 4.14. The Balaban J connectivity index is 1.51. The first-order valence-electron chi connectivity index (χ1n) is 8.07. The van der Waals surface area contributed by atoms with E-state index in [0.717, 1.165) is 12.8 Å². The molecule has 1 aliphatic heterocycles. The first kappa shape index (κ1) is 15.7. The molecule has 1 unspecified atom stereocenters. The molecular formula is C17H26N2O2. The summed E-state index contributed by atoms with van der Waals surface area (Å²) in [5, 5.41) is 14.5. The van der Waals surface area contributed by atoms with E-state index in [1.165, 1.54) is 49.8 Å². The zero-order chi connectivity index (χ0) is 14.9. The smallest absolute Gasteiger partial charge is 0.404 e. The number of unbranched alkanes of at least 4 members (excludes halogenated alkanes) is 4. The molecule has 3 N–H and O–H groups in total. The van der Waals surface area contributed by atoms with Gasteiger partial charge in [-0.2, -0.15) is 0 Å². The van der Waals surface area contributed by atoms with Gasteiger partial charge in [-0.15, -0.1) is 0 Å². The first-order chi connectivity index (χ1) is 10.3. The third-order valence-electron chi connectivity index (χ3n) is 4.14. The van der Waals surface area contributed by atoms with E-state index >= 15 is 0 Å². The van der Waals surface area contributed by atoms with Crippen LogP contribution in [0.5, 0.6) is 0 Å². The van der Waals surface area contributed by atoms with Crippen molar-refractivity contribution in [1.82, 2.24) is 5.32 Å². The highest BCUT2D eigenvalue weighted by atomic mass is 16.4. The molecule has 0 saturated carbocycles. The van der Waals surface area contributed by atoms with Crippen LogP contribution in [-0.2, 0) is 6.42 Å². The van der Waals surface area contributed by atoms with E-state index in [9.17, 15) is 4.79 Å². The molecule has 2 rings (SSSR count). The molecule has 1 aromatic rings. The van der Waals surface area contributed by atoms with Crippen LogP contribution >= 0.6 is 0 Å². The Morgan fingerprint density at radius 2 is 1.95 bits per heavy atom. The van der Waals surface area contributed by atoms with Gasteiger partial charge in [0.15, 0.2) is 0 Å². The summed E-state index contributed by atoms with van der Waals surface area (Å²) in [4.78, 5) is 10.3. The second kappa shape index (κ2) is 8.55. The topological polar surface area (TPSA) is 61.4 Å². The van der Waals surface area contributed by atoms with E-state index in [2.05, 4.69) is 34.9 Å². The van der Waals surface area contributed by atoms with Crippen molar-refractivity contribution in [2.75, 3.05) is 11.9 Å². The largest absolute Gasteiger partial charge is 0.465 e. The van der Waals surface area contributed by atoms with Crippen LogP contribution in [0.15, 0.2) is 24.3 Å². The zero-order valence-electron chi connectivity index (χ0n) is 12.6. The van der Waals surface area contributed by atoms with Crippen molar-refractivity contribution >= 4 is 11.8 Å². The number of para-hydroxylation sites is 1. The van der Waals surface area contributed by atoms with Gasteiger partial charge < -0.3 is 15.7 Å². The Morgan fingerprint density at radius 1 is 1.19 bits per heavy atom. The summed E-state index contributed by atoms with van der Waals surface area (Å²) in [6.07, 6.45) is 8.50. The SMILES string of the molecule is O=C(O)NCCCCCCCC1CCc2ccccc2N1. The maximum Gasteiger partial charge on any atom is 0.404 e. The highest BCUT2D eigenvalue weighted by Gasteiger charge is 2.16. The summed E-state index contributed by atoms with van der Waals surface area (Å²) in [6, 6.07) is 9.22. The lowest BCUT2D eigenvalue weighted by atomic mass is 9.94. The molecule has 1 amide bonds. The molecule has 0 saturated heterocycles. The number of nitrogens with one attached hydrogen (secondary N) is 2. The molecule has 1 aromatic carbocycles. The predicted octanol–water partition coefficient (Wildman–Crippen LogP) is 4.02. The second-order valence-electron chi connectivity index (χ2n) is 5.83. The molecule has 0 radical (unpaired) electrons. The average Bonchev–Trinajstić information content (AvgIpc) is 2.49. The van der Waals surface area contributed by atoms with Gasteiger partial charge in [-0.25, -0.2) is 4.79 Å². The average molecular weight is 290 g/mol. The van der Waals surface area contributed by atoms with Gasteiger partial charge in [-0.05, 0) is 37.3 Å². The molecule has 0 aromatic heterocycles. The molecule has 116 valence electrons. The lowest BCUT2D eigenvalue weighted by Gasteiger charge is -2.27. The quantitative estimate of drug-likeness (QED) is 0.634. The standard InChI is InChI=1S/C17H26N2O2/c20-17(21)18-13-7-3-1-2-4-9-15-12-11-14-8-5-6-10-16(14)19-15/h5-6,8,10,15,18-19H,1-4,7,9,11-13H2,(H,20,21). The normalized spacial score (nSPS) is 16.9. The van der Waals surface area contributed by atoms with Gasteiger partial charge in [0.05, 0.1) is 0 Å². The fraction of sp³-hybridized carbons (Fsp3) is 0.588. The molecule has 21 heavy (non-hydrogen) atoms. The Kier molecular flexibility index (Phi) is 6.38. The number of carboxylic acid groups (broad SMARTS) is 1. The number of hydrogen-bond acceptors (Lipinski definition) is 2. The molecule has 4 heteroatoms. The van der Waals surface area contributed by atoms with Crippen LogP contribution in [-0.4, -0.2) is 23.8 Å². The lowest BCUT2D eigenvalue weighted by Crippen LogP contribution is -2.25. The van der Waals surface area contributed by atoms with Crippen molar-refractivity contribution in [3.8, 4) is 0 Å². The summed E-state index contributed by atoms with van der Waals surface area (Å²) >= 11 is 0. The van der Waals surface area contributed by atoms with Gasteiger partial charge in [0, 0.05) is 18.3 Å². The highest BCUT2D eigenvalue weighted by Crippen LogP contribution is 2.26. The minimum Gasteiger partial charge on any atom is -0.465 e. The number of hydrogen-bond donors (Lipinski definition) is 3. The number of amides is 1. The fourth-order valence-corrected chi connectivity index (χ4v) is 2.96. The fourth-order valence-electron chi connectivity index (χ4n) is 2.96. The van der Waals surface area contributed by atoms with Crippen LogP contribution in [0.4, 0.5) is 10.5 Å². The van der Waals surface area contributed by atoms with E-state index < -0.39 is 6.09 Å². The lowest BCUT2D eigenvalue weighted by molar-refractivity contribution is 0.194. The van der Waals surface area contributed by atoms with Crippen LogP contribution in [0.2, 0.25) is 0 Å². The summed E-state index contributed by atoms with van der Waals surface area (Å²) < 4.78 is 0. The van der Waals surface area contributed by atoms with Crippen molar-refractivity contribution in [2.45, 2.75) is 57.4 Å². The molecule has 1 aliphatic rings. The van der Waals surface area contributed by atoms with Crippen LogP contribution in [0, 0.1) is 0 Å². The maximum atomic E-state index is 10.3. The molecule has 0 aliphatic carbocycles. The summed E-state index contributed by atoms with van der Waals surface area (Å²) in [5.74, 6) is 0. The van der Waals surface area contributed by atoms with Gasteiger partial charge in [0.25, 0.3) is 0 Å².